The summed E-state index contributed by atoms with van der Waals surface area (Å²) in [6.45, 7) is 5.83. The van der Waals surface area contributed by atoms with Gasteiger partial charge in [-0.05, 0) is 74.9 Å². The summed E-state index contributed by atoms with van der Waals surface area (Å²) in [7, 11) is 4.93. The van der Waals surface area contributed by atoms with Crippen LogP contribution in [0.25, 0.3) is 0 Å². The van der Waals surface area contributed by atoms with Gasteiger partial charge in [-0.1, -0.05) is 26.0 Å². The van der Waals surface area contributed by atoms with E-state index in [1.165, 1.54) is 0 Å². The molecule has 0 spiro atoms. The molecular formula is C35H52O10. The molecule has 0 aromatic carbocycles. The lowest BCUT2D eigenvalue weighted by molar-refractivity contribution is -0.314. The molecule has 0 bridgehead atoms. The summed E-state index contributed by atoms with van der Waals surface area (Å²) in [5, 5.41) is 11.0. The number of aliphatic hydroxyl groups excluding tert-OH is 1. The molecule has 6 rings (SSSR count). The lowest BCUT2D eigenvalue weighted by Gasteiger charge is -2.44. The van der Waals surface area contributed by atoms with Crippen LogP contribution < -0.4 is 0 Å². The van der Waals surface area contributed by atoms with Gasteiger partial charge >= 0.3 is 5.97 Å². The molecule has 45 heavy (non-hydrogen) atoms. The van der Waals surface area contributed by atoms with E-state index in [1.54, 1.807) is 21.3 Å². The third kappa shape index (κ3) is 6.33. The molecule has 0 aromatic heterocycles. The van der Waals surface area contributed by atoms with Crippen LogP contribution in [0.1, 0.15) is 65.7 Å². The van der Waals surface area contributed by atoms with Crippen molar-refractivity contribution in [2.45, 2.75) is 127 Å². The normalized spacial score (nSPS) is 48.4. The van der Waals surface area contributed by atoms with Gasteiger partial charge in [0.2, 0.25) is 0 Å². The molecule has 2 saturated carbocycles. The van der Waals surface area contributed by atoms with Crippen LogP contribution in [-0.2, 0) is 42.7 Å². The number of esters is 1. The van der Waals surface area contributed by atoms with Gasteiger partial charge in [-0.3, -0.25) is 9.59 Å². The molecule has 6 aliphatic rings. The summed E-state index contributed by atoms with van der Waals surface area (Å²) < 4.78 is 42.5. The molecular weight excluding hydrogens is 580 g/mol. The standard InChI is InChI=1S/C35H52O10/c1-7-8-10-19-11-9-12-26(36)17(2)29(38)24-15-22-21-13-20(44-35-34(41-6)33(40-5)30(39-4)18(3)42-35)14-25(21)31-32(45-31)28(22)23(24)16-27(37)43-19/h8,10,15,17-23,25-26,28,30-36H,7,9,11-14,16H2,1-6H3/b10-8+/t17-,18+,19+,20+,21?,22?,23?,25?,26+,28?,30+,31-,32?,33-,34-,35+/m1/s1. The Morgan fingerprint density at radius 2 is 1.69 bits per heavy atom. The summed E-state index contributed by atoms with van der Waals surface area (Å²) in [4.78, 5) is 27.3. The van der Waals surface area contributed by atoms with Gasteiger partial charge in [-0.15, -0.1) is 0 Å². The van der Waals surface area contributed by atoms with E-state index in [9.17, 15) is 14.7 Å². The number of methoxy groups -OCH3 is 3. The Morgan fingerprint density at radius 3 is 2.40 bits per heavy atom. The van der Waals surface area contributed by atoms with Crippen molar-refractivity contribution in [3.8, 4) is 0 Å². The first-order valence-corrected chi connectivity index (χ1v) is 17.0. The largest absolute Gasteiger partial charge is 0.458 e. The van der Waals surface area contributed by atoms with Crippen molar-refractivity contribution in [1.82, 2.24) is 0 Å². The quantitative estimate of drug-likeness (QED) is 0.252. The third-order valence-corrected chi connectivity index (χ3v) is 11.5. The van der Waals surface area contributed by atoms with Gasteiger partial charge in [0, 0.05) is 39.1 Å². The predicted octanol–water partition coefficient (Wildman–Crippen LogP) is 3.78. The van der Waals surface area contributed by atoms with Crippen molar-refractivity contribution < 1.29 is 47.9 Å². The molecule has 1 N–H and O–H groups in total. The number of aliphatic hydroxyl groups is 1. The van der Waals surface area contributed by atoms with Crippen LogP contribution in [-0.4, -0.2) is 99.4 Å². The van der Waals surface area contributed by atoms with Gasteiger partial charge in [0.1, 0.15) is 24.4 Å². The number of hydrogen-bond acceptors (Lipinski definition) is 10. The number of allylic oxidation sites excluding steroid dienone is 3. The van der Waals surface area contributed by atoms with E-state index in [-0.39, 0.29) is 84.6 Å². The Balaban J connectivity index is 1.22. The van der Waals surface area contributed by atoms with Crippen molar-refractivity contribution in [3.63, 3.8) is 0 Å². The summed E-state index contributed by atoms with van der Waals surface area (Å²) in [5.41, 5.74) is 0.673. The number of ether oxygens (including phenoxy) is 7. The number of carbonyl (C=O) groups excluding carboxylic acids is 2. The van der Waals surface area contributed by atoms with Gasteiger partial charge in [-0.25, -0.2) is 0 Å². The lowest BCUT2D eigenvalue weighted by atomic mass is 9.66. The Morgan fingerprint density at radius 1 is 0.956 bits per heavy atom. The zero-order chi connectivity index (χ0) is 32.0. The second-order valence-corrected chi connectivity index (χ2v) is 14.0. The fourth-order valence-electron chi connectivity index (χ4n) is 9.27. The minimum Gasteiger partial charge on any atom is -0.458 e. The van der Waals surface area contributed by atoms with Gasteiger partial charge in [0.05, 0.1) is 36.9 Å². The van der Waals surface area contributed by atoms with E-state index in [1.807, 2.05) is 32.9 Å². The maximum Gasteiger partial charge on any atom is 0.307 e. The highest BCUT2D eigenvalue weighted by Gasteiger charge is 2.66. The maximum absolute atomic E-state index is 13.9. The van der Waals surface area contributed by atoms with Crippen LogP contribution in [0.3, 0.4) is 0 Å². The lowest BCUT2D eigenvalue weighted by Crippen LogP contribution is -2.59. The molecule has 252 valence electrons. The molecule has 10 nitrogen and oxygen atoms in total. The fourth-order valence-corrected chi connectivity index (χ4v) is 9.27. The molecule has 0 radical (unpaired) electrons. The first-order chi connectivity index (χ1) is 21.7. The van der Waals surface area contributed by atoms with Crippen molar-refractivity contribution in [2.75, 3.05) is 21.3 Å². The van der Waals surface area contributed by atoms with Crippen molar-refractivity contribution >= 4 is 11.8 Å². The molecule has 0 aromatic rings. The van der Waals surface area contributed by atoms with E-state index in [2.05, 4.69) is 6.08 Å². The van der Waals surface area contributed by atoms with Crippen molar-refractivity contribution in [2.24, 2.45) is 35.5 Å². The smallest absolute Gasteiger partial charge is 0.307 e. The topological polar surface area (TPSA) is 122 Å². The number of epoxide rings is 1. The molecule has 0 amide bonds. The number of cyclic esters (lactones) is 1. The number of Topliss-reactive ketones (excluding diaryl/α,β-unsaturated/α-hetero) is 1. The van der Waals surface area contributed by atoms with E-state index < -0.39 is 24.4 Å². The van der Waals surface area contributed by atoms with Crippen LogP contribution in [0, 0.1) is 35.5 Å². The summed E-state index contributed by atoms with van der Waals surface area (Å²) in [6.07, 6.45) is 7.55. The zero-order valence-corrected chi connectivity index (χ0v) is 27.5. The number of carbonyl (C=O) groups is 2. The van der Waals surface area contributed by atoms with E-state index in [0.717, 1.165) is 19.3 Å². The summed E-state index contributed by atoms with van der Waals surface area (Å²) in [6, 6.07) is 0. The van der Waals surface area contributed by atoms with Crippen molar-refractivity contribution in [1.29, 1.82) is 0 Å². The number of rotatable bonds is 7. The second kappa shape index (κ2) is 13.8. The van der Waals surface area contributed by atoms with Crippen LogP contribution in [0.4, 0.5) is 0 Å². The third-order valence-electron chi connectivity index (χ3n) is 11.5. The molecule has 3 aliphatic heterocycles. The molecule has 3 saturated heterocycles. The van der Waals surface area contributed by atoms with Gasteiger partial charge < -0.3 is 38.3 Å². The zero-order valence-electron chi connectivity index (χ0n) is 27.5. The van der Waals surface area contributed by atoms with E-state index in [4.69, 9.17) is 33.2 Å². The fraction of sp³-hybridized carbons (Fsp3) is 0.829. The number of hydrogen-bond donors (Lipinski definition) is 1. The van der Waals surface area contributed by atoms with Gasteiger partial charge in [0.25, 0.3) is 0 Å². The Labute approximate surface area is 267 Å². The SMILES string of the molecule is CC/C=C/[C@H]1CCC[C@H](O)[C@@H](C)C(=O)C2=CC3C4C[C@H](O[C@@H]5O[C@@H](C)[C@H](OC)[C@@H](OC)[C@H]5OC)CC4[C@H]4OC4C3C2CC(=O)O1. The predicted molar refractivity (Wildman–Crippen MR) is 163 cm³/mol. The monoisotopic (exact) mass is 632 g/mol. The Hall–Kier alpha value is -1.66. The Kier molecular flexibility index (Phi) is 10.2. The van der Waals surface area contributed by atoms with Gasteiger partial charge in [-0.2, -0.15) is 0 Å². The minimum atomic E-state index is -0.741. The van der Waals surface area contributed by atoms with Crippen LogP contribution >= 0.6 is 0 Å². The van der Waals surface area contributed by atoms with Gasteiger partial charge in [0.15, 0.2) is 12.1 Å². The van der Waals surface area contributed by atoms with Crippen LogP contribution in [0.15, 0.2) is 23.8 Å². The summed E-state index contributed by atoms with van der Waals surface area (Å²) >= 11 is 0. The number of ketones is 1. The molecule has 5 fully saturated rings. The molecule has 16 atom stereocenters. The van der Waals surface area contributed by atoms with Crippen LogP contribution in [0.5, 0.6) is 0 Å². The first-order valence-electron chi connectivity index (χ1n) is 17.0. The van der Waals surface area contributed by atoms with Crippen LogP contribution in [0.2, 0.25) is 0 Å². The second-order valence-electron chi connectivity index (χ2n) is 14.0. The minimum absolute atomic E-state index is 0.00345. The Bertz CT molecular complexity index is 1140. The average molecular weight is 633 g/mol. The summed E-state index contributed by atoms with van der Waals surface area (Å²) in [5.74, 6) is -0.503. The highest BCUT2D eigenvalue weighted by atomic mass is 16.7. The molecule has 3 heterocycles. The molecule has 6 unspecified atom stereocenters. The van der Waals surface area contributed by atoms with E-state index in [0.29, 0.717) is 30.8 Å². The van der Waals surface area contributed by atoms with E-state index >= 15 is 0 Å². The number of fused-ring (bicyclic) bond motifs is 8. The average Bonchev–Trinajstić information content (AvgIpc) is 3.56. The van der Waals surface area contributed by atoms with Crippen molar-refractivity contribution in [3.05, 3.63) is 23.8 Å². The first kappa shape index (κ1) is 33.2. The highest BCUT2D eigenvalue weighted by Crippen LogP contribution is 2.63. The molecule has 3 aliphatic carbocycles. The highest BCUT2D eigenvalue weighted by molar-refractivity contribution is 5.99. The maximum atomic E-state index is 13.9. The molecule has 10 heteroatoms.